The first kappa shape index (κ1) is 12.9. The first-order valence-electron chi connectivity index (χ1n) is 5.12. The van der Waals surface area contributed by atoms with Crippen molar-refractivity contribution in [2.75, 3.05) is 5.75 Å². The highest BCUT2D eigenvalue weighted by Crippen LogP contribution is 2.15. The average molecular weight is 245 g/mol. The van der Waals surface area contributed by atoms with Crippen LogP contribution in [-0.2, 0) is 6.42 Å². The van der Waals surface area contributed by atoms with Gasteiger partial charge in [-0.3, -0.25) is 0 Å². The third-order valence-corrected chi connectivity index (χ3v) is 3.50. The molecule has 0 radical (unpaired) electrons. The number of hydrogen-bond acceptors (Lipinski definition) is 2. The molecule has 0 amide bonds. The van der Waals surface area contributed by atoms with Crippen molar-refractivity contribution >= 4 is 23.4 Å². The van der Waals surface area contributed by atoms with Crippen LogP contribution in [0.4, 0.5) is 0 Å². The van der Waals surface area contributed by atoms with Crippen molar-refractivity contribution in [2.24, 2.45) is 0 Å². The molecule has 0 aromatic heterocycles. The summed E-state index contributed by atoms with van der Waals surface area (Å²) in [6.07, 6.45) is 0.440. The van der Waals surface area contributed by atoms with Crippen LogP contribution in [0.25, 0.3) is 0 Å². The quantitative estimate of drug-likeness (QED) is 0.857. The van der Waals surface area contributed by atoms with E-state index in [1.807, 2.05) is 24.3 Å². The molecule has 1 aromatic rings. The first-order valence-corrected chi connectivity index (χ1v) is 6.54. The zero-order chi connectivity index (χ0) is 11.3. The first-order chi connectivity index (χ1) is 7.08. The van der Waals surface area contributed by atoms with Gasteiger partial charge in [0, 0.05) is 10.8 Å². The van der Waals surface area contributed by atoms with Crippen LogP contribution in [0.3, 0.4) is 0 Å². The molecule has 84 valence electrons. The number of benzene rings is 1. The summed E-state index contributed by atoms with van der Waals surface area (Å²) >= 11 is 7.57. The fraction of sp³-hybridized carbons (Fsp3) is 0.500. The summed E-state index contributed by atoms with van der Waals surface area (Å²) in [5.74, 6) is 0.792. The van der Waals surface area contributed by atoms with Gasteiger partial charge in [0.05, 0.1) is 6.10 Å². The molecule has 3 heteroatoms. The van der Waals surface area contributed by atoms with Gasteiger partial charge in [-0.25, -0.2) is 0 Å². The Kier molecular flexibility index (Phi) is 5.51. The Hall–Kier alpha value is -0.180. The molecule has 1 atom stereocenters. The van der Waals surface area contributed by atoms with E-state index in [1.165, 1.54) is 0 Å². The maximum atomic E-state index is 9.77. The van der Waals surface area contributed by atoms with Gasteiger partial charge in [-0.2, -0.15) is 11.8 Å². The van der Waals surface area contributed by atoms with Gasteiger partial charge in [-0.15, -0.1) is 0 Å². The second-order valence-electron chi connectivity index (χ2n) is 3.87. The zero-order valence-corrected chi connectivity index (χ0v) is 10.7. The molecule has 0 fully saturated rings. The van der Waals surface area contributed by atoms with Crippen LogP contribution < -0.4 is 0 Å². The lowest BCUT2D eigenvalue weighted by Crippen LogP contribution is -2.14. The maximum Gasteiger partial charge on any atom is 0.0670 e. The lowest BCUT2D eigenvalue weighted by atomic mass is 10.1. The minimum Gasteiger partial charge on any atom is -0.392 e. The predicted octanol–water partition coefficient (Wildman–Crippen LogP) is 3.39. The van der Waals surface area contributed by atoms with Gasteiger partial charge in [0.2, 0.25) is 0 Å². The van der Waals surface area contributed by atoms with E-state index in [9.17, 15) is 5.11 Å². The molecule has 1 rings (SSSR count). The van der Waals surface area contributed by atoms with E-state index in [-0.39, 0.29) is 6.10 Å². The highest BCUT2D eigenvalue weighted by atomic mass is 35.5. The fourth-order valence-corrected chi connectivity index (χ4v) is 2.11. The minimum atomic E-state index is -0.265. The Morgan fingerprint density at radius 3 is 2.40 bits per heavy atom. The molecule has 0 saturated carbocycles. The number of aliphatic hydroxyl groups is 1. The standard InChI is InChI=1S/C12H17ClOS/c1-9(2)15-8-12(14)7-10-3-5-11(13)6-4-10/h3-6,9,12,14H,7-8H2,1-2H3. The van der Waals surface area contributed by atoms with E-state index in [4.69, 9.17) is 11.6 Å². The monoisotopic (exact) mass is 244 g/mol. The Balaban J connectivity index is 2.37. The van der Waals surface area contributed by atoms with Gasteiger partial charge in [-0.1, -0.05) is 37.6 Å². The van der Waals surface area contributed by atoms with Crippen LogP contribution in [0.15, 0.2) is 24.3 Å². The van der Waals surface area contributed by atoms with E-state index in [0.717, 1.165) is 16.3 Å². The van der Waals surface area contributed by atoms with E-state index in [0.29, 0.717) is 11.7 Å². The normalized spacial score (nSPS) is 13.1. The summed E-state index contributed by atoms with van der Waals surface area (Å²) in [5.41, 5.74) is 1.14. The molecule has 0 heterocycles. The molecule has 0 saturated heterocycles. The molecule has 0 bridgehead atoms. The summed E-state index contributed by atoms with van der Waals surface area (Å²) in [6.45, 7) is 4.28. The Labute approximate surface area is 101 Å². The molecule has 1 N–H and O–H groups in total. The van der Waals surface area contributed by atoms with E-state index in [1.54, 1.807) is 11.8 Å². The largest absolute Gasteiger partial charge is 0.392 e. The van der Waals surface area contributed by atoms with Crippen molar-refractivity contribution in [3.05, 3.63) is 34.9 Å². The number of thioether (sulfide) groups is 1. The van der Waals surface area contributed by atoms with Gasteiger partial charge in [0.15, 0.2) is 0 Å². The second kappa shape index (κ2) is 6.41. The molecular weight excluding hydrogens is 228 g/mol. The average Bonchev–Trinajstić information content (AvgIpc) is 2.19. The Bertz CT molecular complexity index is 284. The van der Waals surface area contributed by atoms with Gasteiger partial charge in [0.25, 0.3) is 0 Å². The molecule has 0 aliphatic heterocycles. The summed E-state index contributed by atoms with van der Waals surface area (Å²) in [7, 11) is 0. The number of rotatable bonds is 5. The van der Waals surface area contributed by atoms with Gasteiger partial charge in [0.1, 0.15) is 0 Å². The SMILES string of the molecule is CC(C)SCC(O)Cc1ccc(Cl)cc1. The molecule has 0 spiro atoms. The summed E-state index contributed by atoms with van der Waals surface area (Å²) in [5, 5.41) is 11.1. The second-order valence-corrected chi connectivity index (χ2v) is 5.91. The zero-order valence-electron chi connectivity index (χ0n) is 9.11. The molecule has 1 nitrogen and oxygen atoms in total. The topological polar surface area (TPSA) is 20.2 Å². The molecule has 0 aliphatic carbocycles. The van der Waals surface area contributed by atoms with Crippen LogP contribution in [0.2, 0.25) is 5.02 Å². The fourth-order valence-electron chi connectivity index (χ4n) is 1.26. The van der Waals surface area contributed by atoms with Gasteiger partial charge < -0.3 is 5.11 Å². The van der Waals surface area contributed by atoms with E-state index in [2.05, 4.69) is 13.8 Å². The van der Waals surface area contributed by atoms with Crippen LogP contribution in [0.5, 0.6) is 0 Å². The summed E-state index contributed by atoms with van der Waals surface area (Å²) < 4.78 is 0. The van der Waals surface area contributed by atoms with Crippen LogP contribution in [-0.4, -0.2) is 22.2 Å². The lowest BCUT2D eigenvalue weighted by molar-refractivity contribution is 0.200. The van der Waals surface area contributed by atoms with Crippen molar-refractivity contribution in [3.8, 4) is 0 Å². The van der Waals surface area contributed by atoms with E-state index < -0.39 is 0 Å². The molecule has 15 heavy (non-hydrogen) atoms. The van der Waals surface area contributed by atoms with Crippen LogP contribution in [0.1, 0.15) is 19.4 Å². The number of halogens is 1. The molecule has 1 unspecified atom stereocenters. The van der Waals surface area contributed by atoms with Crippen LogP contribution >= 0.6 is 23.4 Å². The van der Waals surface area contributed by atoms with Crippen molar-refractivity contribution in [2.45, 2.75) is 31.6 Å². The Morgan fingerprint density at radius 2 is 1.87 bits per heavy atom. The maximum absolute atomic E-state index is 9.77. The third kappa shape index (κ3) is 5.45. The highest BCUT2D eigenvalue weighted by Gasteiger charge is 2.06. The Morgan fingerprint density at radius 1 is 1.27 bits per heavy atom. The van der Waals surface area contributed by atoms with Crippen LogP contribution in [0, 0.1) is 0 Å². The molecule has 0 aliphatic rings. The highest BCUT2D eigenvalue weighted by molar-refractivity contribution is 7.99. The minimum absolute atomic E-state index is 0.265. The van der Waals surface area contributed by atoms with E-state index >= 15 is 0 Å². The van der Waals surface area contributed by atoms with Crippen molar-refractivity contribution in [3.63, 3.8) is 0 Å². The molecule has 1 aromatic carbocycles. The summed E-state index contributed by atoms with van der Waals surface area (Å²) in [6, 6.07) is 7.65. The summed E-state index contributed by atoms with van der Waals surface area (Å²) in [4.78, 5) is 0. The smallest absolute Gasteiger partial charge is 0.0670 e. The number of hydrogen-bond donors (Lipinski definition) is 1. The van der Waals surface area contributed by atoms with Crippen molar-refractivity contribution < 1.29 is 5.11 Å². The van der Waals surface area contributed by atoms with Crippen molar-refractivity contribution in [1.29, 1.82) is 0 Å². The predicted molar refractivity (Wildman–Crippen MR) is 68.8 cm³/mol. The third-order valence-electron chi connectivity index (χ3n) is 2.01. The van der Waals surface area contributed by atoms with Gasteiger partial charge in [-0.05, 0) is 29.4 Å². The number of aliphatic hydroxyl groups excluding tert-OH is 1. The molecular formula is C12H17ClOS. The van der Waals surface area contributed by atoms with Gasteiger partial charge >= 0.3 is 0 Å². The van der Waals surface area contributed by atoms with Crippen molar-refractivity contribution in [1.82, 2.24) is 0 Å². The lowest BCUT2D eigenvalue weighted by Gasteiger charge is -2.11.